The lowest BCUT2D eigenvalue weighted by Gasteiger charge is -2.34. The van der Waals surface area contributed by atoms with Crippen LogP contribution in [-0.4, -0.2) is 44.5 Å². The molecule has 5 nitrogen and oxygen atoms in total. The molecule has 4 rings (SSSR count). The minimum atomic E-state index is -0.508. The average Bonchev–Trinajstić information content (AvgIpc) is 2.99. The standard InChI is InChI=1S/C21H20Cl3FN4OS/c1-12-9-27(10-13(2)30-12)11-28-21(31)29(15-4-6-19(25)18(24)8-15)20(26-28)16-5-3-14(22)7-17(16)23/h3-8,12-13H,9-11H2,1-2H3. The summed E-state index contributed by atoms with van der Waals surface area (Å²) in [6, 6.07) is 9.59. The third-order valence-corrected chi connectivity index (χ3v) is 6.23. The Morgan fingerprint density at radius 1 is 1.06 bits per heavy atom. The maximum Gasteiger partial charge on any atom is 0.204 e. The zero-order chi connectivity index (χ0) is 22.3. The third kappa shape index (κ3) is 4.82. The van der Waals surface area contributed by atoms with Crippen molar-refractivity contribution in [2.45, 2.75) is 32.7 Å². The molecule has 2 unspecified atom stereocenters. The molecule has 1 aromatic heterocycles. The maximum atomic E-state index is 13.8. The van der Waals surface area contributed by atoms with Crippen LogP contribution in [0.2, 0.25) is 15.1 Å². The van der Waals surface area contributed by atoms with Crippen LogP contribution in [0.5, 0.6) is 0 Å². The van der Waals surface area contributed by atoms with E-state index in [1.54, 1.807) is 33.5 Å². The van der Waals surface area contributed by atoms with Gasteiger partial charge in [-0.2, -0.15) is 0 Å². The van der Waals surface area contributed by atoms with Crippen LogP contribution in [0.25, 0.3) is 17.1 Å². The quantitative estimate of drug-likeness (QED) is 0.397. The molecule has 10 heteroatoms. The van der Waals surface area contributed by atoms with Crippen LogP contribution in [0.3, 0.4) is 0 Å². The Hall–Kier alpha value is -1.48. The molecule has 1 aliphatic heterocycles. The lowest BCUT2D eigenvalue weighted by molar-refractivity contribution is -0.0777. The SMILES string of the molecule is CC1CN(Cn2nc(-c3ccc(Cl)cc3Cl)n(-c3ccc(F)c(Cl)c3)c2=S)CC(C)O1. The smallest absolute Gasteiger partial charge is 0.204 e. The highest BCUT2D eigenvalue weighted by atomic mass is 35.5. The molecule has 0 aliphatic carbocycles. The fraction of sp³-hybridized carbons (Fsp3) is 0.333. The van der Waals surface area contributed by atoms with Gasteiger partial charge in [0.25, 0.3) is 0 Å². The molecule has 0 saturated carbocycles. The molecule has 31 heavy (non-hydrogen) atoms. The molecule has 0 amide bonds. The monoisotopic (exact) mass is 500 g/mol. The molecule has 0 spiro atoms. The fourth-order valence-electron chi connectivity index (χ4n) is 3.79. The van der Waals surface area contributed by atoms with Crippen LogP contribution in [-0.2, 0) is 11.4 Å². The Bertz CT molecular complexity index is 1170. The lowest BCUT2D eigenvalue weighted by Crippen LogP contribution is -2.46. The Kier molecular flexibility index (Phi) is 6.72. The predicted octanol–water partition coefficient (Wildman–Crippen LogP) is 6.24. The van der Waals surface area contributed by atoms with E-state index in [0.29, 0.717) is 38.6 Å². The minimum absolute atomic E-state index is 0.00358. The van der Waals surface area contributed by atoms with E-state index in [0.717, 1.165) is 13.1 Å². The first-order chi connectivity index (χ1) is 14.7. The van der Waals surface area contributed by atoms with Crippen molar-refractivity contribution in [3.05, 3.63) is 62.1 Å². The highest BCUT2D eigenvalue weighted by Crippen LogP contribution is 2.32. The Labute approximate surface area is 199 Å². The van der Waals surface area contributed by atoms with E-state index in [-0.39, 0.29) is 17.2 Å². The summed E-state index contributed by atoms with van der Waals surface area (Å²) in [5.74, 6) is 0.00962. The number of halogens is 4. The number of morpholine rings is 1. The number of ether oxygens (including phenoxy) is 1. The van der Waals surface area contributed by atoms with Gasteiger partial charge in [0.2, 0.25) is 4.77 Å². The van der Waals surface area contributed by atoms with Crippen LogP contribution < -0.4 is 0 Å². The topological polar surface area (TPSA) is 35.2 Å². The van der Waals surface area contributed by atoms with Gasteiger partial charge in [0.15, 0.2) is 5.82 Å². The molecule has 3 aromatic rings. The molecule has 2 aromatic carbocycles. The van der Waals surface area contributed by atoms with Gasteiger partial charge in [-0.05, 0) is 62.5 Å². The third-order valence-electron chi connectivity index (χ3n) is 5.00. The first-order valence-corrected chi connectivity index (χ1v) is 11.3. The van der Waals surface area contributed by atoms with Gasteiger partial charge >= 0.3 is 0 Å². The largest absolute Gasteiger partial charge is 0.373 e. The van der Waals surface area contributed by atoms with Gasteiger partial charge < -0.3 is 4.74 Å². The number of hydrogen-bond acceptors (Lipinski definition) is 4. The molecule has 1 aliphatic rings. The molecular formula is C21H20Cl3FN4OS. The summed E-state index contributed by atoms with van der Waals surface area (Å²) in [6.07, 6.45) is 0.224. The summed E-state index contributed by atoms with van der Waals surface area (Å²) in [6.45, 7) is 6.09. The molecular weight excluding hydrogens is 482 g/mol. The summed E-state index contributed by atoms with van der Waals surface area (Å²) >= 11 is 24.4. The second-order valence-electron chi connectivity index (χ2n) is 7.60. The van der Waals surface area contributed by atoms with E-state index < -0.39 is 5.82 Å². The van der Waals surface area contributed by atoms with Crippen molar-refractivity contribution in [3.63, 3.8) is 0 Å². The highest BCUT2D eigenvalue weighted by molar-refractivity contribution is 7.71. The van der Waals surface area contributed by atoms with Crippen molar-refractivity contribution in [2.75, 3.05) is 13.1 Å². The van der Waals surface area contributed by atoms with Gasteiger partial charge in [0.1, 0.15) is 5.82 Å². The van der Waals surface area contributed by atoms with Crippen molar-refractivity contribution in [2.24, 2.45) is 0 Å². The first kappa shape index (κ1) is 22.7. The van der Waals surface area contributed by atoms with Crippen LogP contribution in [0.1, 0.15) is 13.8 Å². The zero-order valence-electron chi connectivity index (χ0n) is 16.9. The number of aromatic nitrogens is 3. The molecule has 0 bridgehead atoms. The van der Waals surface area contributed by atoms with Crippen molar-refractivity contribution in [1.82, 2.24) is 19.2 Å². The normalized spacial score (nSPS) is 19.7. The van der Waals surface area contributed by atoms with Gasteiger partial charge in [-0.15, -0.1) is 5.10 Å². The summed E-state index contributed by atoms with van der Waals surface area (Å²) in [5, 5.41) is 5.71. The Morgan fingerprint density at radius 2 is 1.77 bits per heavy atom. The number of rotatable bonds is 4. The van der Waals surface area contributed by atoms with Gasteiger partial charge in [-0.25, -0.2) is 9.07 Å². The van der Waals surface area contributed by atoms with E-state index in [1.165, 1.54) is 12.1 Å². The van der Waals surface area contributed by atoms with Gasteiger partial charge in [-0.3, -0.25) is 9.47 Å². The lowest BCUT2D eigenvalue weighted by atomic mass is 10.2. The van der Waals surface area contributed by atoms with E-state index in [1.807, 2.05) is 13.8 Å². The summed E-state index contributed by atoms with van der Waals surface area (Å²) in [4.78, 5) is 2.23. The van der Waals surface area contributed by atoms with Gasteiger partial charge in [0, 0.05) is 23.7 Å². The molecule has 1 saturated heterocycles. The van der Waals surface area contributed by atoms with Crippen molar-refractivity contribution in [1.29, 1.82) is 0 Å². The number of nitrogens with zero attached hydrogens (tertiary/aromatic N) is 4. The minimum Gasteiger partial charge on any atom is -0.373 e. The summed E-state index contributed by atoms with van der Waals surface area (Å²) < 4.78 is 23.5. The van der Waals surface area contributed by atoms with E-state index in [9.17, 15) is 4.39 Å². The second-order valence-corrected chi connectivity index (χ2v) is 9.21. The molecule has 1 fully saturated rings. The average molecular weight is 502 g/mol. The van der Waals surface area contributed by atoms with Crippen molar-refractivity contribution < 1.29 is 9.13 Å². The van der Waals surface area contributed by atoms with Gasteiger partial charge in [-0.1, -0.05) is 34.8 Å². The number of benzene rings is 2. The second kappa shape index (κ2) is 9.17. The summed E-state index contributed by atoms with van der Waals surface area (Å²) in [5.41, 5.74) is 1.24. The zero-order valence-corrected chi connectivity index (χ0v) is 19.9. The van der Waals surface area contributed by atoms with E-state index >= 15 is 0 Å². The molecule has 0 N–H and O–H groups in total. The van der Waals surface area contributed by atoms with Crippen LogP contribution in [0.15, 0.2) is 36.4 Å². The molecule has 2 atom stereocenters. The van der Waals surface area contributed by atoms with Crippen LogP contribution in [0.4, 0.5) is 4.39 Å². The fourth-order valence-corrected chi connectivity index (χ4v) is 4.75. The van der Waals surface area contributed by atoms with Crippen molar-refractivity contribution >= 4 is 47.0 Å². The number of hydrogen-bond donors (Lipinski definition) is 0. The van der Waals surface area contributed by atoms with Crippen molar-refractivity contribution in [3.8, 4) is 17.1 Å². The maximum absolute atomic E-state index is 13.8. The Morgan fingerprint density at radius 3 is 2.42 bits per heavy atom. The van der Waals surface area contributed by atoms with Gasteiger partial charge in [0.05, 0.1) is 34.6 Å². The summed E-state index contributed by atoms with van der Waals surface area (Å²) in [7, 11) is 0. The van der Waals surface area contributed by atoms with E-state index in [4.69, 9.17) is 56.9 Å². The Balaban J connectivity index is 1.83. The predicted molar refractivity (Wildman–Crippen MR) is 124 cm³/mol. The molecule has 2 heterocycles. The molecule has 0 radical (unpaired) electrons. The highest BCUT2D eigenvalue weighted by Gasteiger charge is 2.24. The first-order valence-electron chi connectivity index (χ1n) is 9.71. The van der Waals surface area contributed by atoms with E-state index in [2.05, 4.69) is 4.90 Å². The molecule has 164 valence electrons. The van der Waals surface area contributed by atoms with Crippen LogP contribution in [0, 0.1) is 10.6 Å². The van der Waals surface area contributed by atoms with Crippen LogP contribution >= 0.6 is 47.0 Å².